The van der Waals surface area contributed by atoms with Crippen LogP contribution in [0.3, 0.4) is 0 Å². The van der Waals surface area contributed by atoms with Crippen molar-refractivity contribution in [3.05, 3.63) is 24.3 Å². The number of hydrogen-bond acceptors (Lipinski definition) is 4. The van der Waals surface area contributed by atoms with Crippen molar-refractivity contribution in [2.75, 3.05) is 24.2 Å². The summed E-state index contributed by atoms with van der Waals surface area (Å²) in [6.45, 7) is -0.229. The van der Waals surface area contributed by atoms with Crippen LogP contribution in [0.15, 0.2) is 24.3 Å². The molecule has 2 saturated carbocycles. The first-order valence-electron chi connectivity index (χ1n) is 8.28. The second-order valence-corrected chi connectivity index (χ2v) is 8.70. The maximum Gasteiger partial charge on any atom is 0.241 e. The molecular weight excluding hydrogens is 328 g/mol. The molecule has 3 rings (SSSR count). The van der Waals surface area contributed by atoms with E-state index in [2.05, 4.69) is 5.32 Å². The van der Waals surface area contributed by atoms with Gasteiger partial charge in [-0.1, -0.05) is 18.6 Å². The van der Waals surface area contributed by atoms with Gasteiger partial charge >= 0.3 is 0 Å². The summed E-state index contributed by atoms with van der Waals surface area (Å²) in [5.74, 6) is 1.44. The molecule has 0 radical (unpaired) electrons. The lowest BCUT2D eigenvalue weighted by Crippen LogP contribution is -2.45. The number of para-hydroxylation sites is 2. The van der Waals surface area contributed by atoms with Gasteiger partial charge in [0.1, 0.15) is 12.3 Å². The number of methoxy groups -OCH3 is 1. The van der Waals surface area contributed by atoms with E-state index in [-0.39, 0.29) is 18.5 Å². The molecule has 1 aromatic carbocycles. The second-order valence-electron chi connectivity index (χ2n) is 6.79. The van der Waals surface area contributed by atoms with E-state index in [0.717, 1.165) is 29.3 Å². The highest BCUT2D eigenvalue weighted by Crippen LogP contribution is 2.44. The van der Waals surface area contributed by atoms with Gasteiger partial charge in [0.2, 0.25) is 15.9 Å². The van der Waals surface area contributed by atoms with E-state index < -0.39 is 10.0 Å². The summed E-state index contributed by atoms with van der Waals surface area (Å²) < 4.78 is 30.7. The summed E-state index contributed by atoms with van der Waals surface area (Å²) in [4.78, 5) is 12.4. The summed E-state index contributed by atoms with van der Waals surface area (Å²) in [6.07, 6.45) is 5.73. The summed E-state index contributed by atoms with van der Waals surface area (Å²) in [7, 11) is -2.12. The smallest absolute Gasteiger partial charge is 0.241 e. The lowest BCUT2D eigenvalue weighted by Gasteiger charge is -2.27. The monoisotopic (exact) mass is 352 g/mol. The molecule has 2 aliphatic carbocycles. The number of rotatable bonds is 6. The average molecular weight is 352 g/mol. The third kappa shape index (κ3) is 3.50. The van der Waals surface area contributed by atoms with E-state index in [1.807, 2.05) is 0 Å². The van der Waals surface area contributed by atoms with Gasteiger partial charge in [-0.2, -0.15) is 0 Å². The Morgan fingerprint density at radius 2 is 2.04 bits per heavy atom. The van der Waals surface area contributed by atoms with Crippen LogP contribution in [0.5, 0.6) is 5.75 Å². The summed E-state index contributed by atoms with van der Waals surface area (Å²) in [6, 6.07) is 7.00. The van der Waals surface area contributed by atoms with Crippen molar-refractivity contribution in [3.63, 3.8) is 0 Å². The summed E-state index contributed by atoms with van der Waals surface area (Å²) in [5, 5.41) is 3.03. The number of sulfonamides is 1. The van der Waals surface area contributed by atoms with E-state index in [1.165, 1.54) is 20.0 Å². The Morgan fingerprint density at radius 1 is 1.29 bits per heavy atom. The van der Waals surface area contributed by atoms with E-state index in [9.17, 15) is 13.2 Å². The summed E-state index contributed by atoms with van der Waals surface area (Å²) in [5.41, 5.74) is 0.380. The van der Waals surface area contributed by atoms with Crippen LogP contribution in [0.4, 0.5) is 5.69 Å². The lowest BCUT2D eigenvalue weighted by atomic mass is 9.95. The van der Waals surface area contributed by atoms with Crippen molar-refractivity contribution in [1.29, 1.82) is 0 Å². The van der Waals surface area contributed by atoms with Gasteiger partial charge in [0.25, 0.3) is 0 Å². The molecule has 2 bridgehead atoms. The SMILES string of the molecule is COc1ccccc1N(CC(=O)N[C@H]1C[C@@H]2CC[C@@H]1C2)S(C)(=O)=O. The van der Waals surface area contributed by atoms with Gasteiger partial charge in [-0.15, -0.1) is 0 Å². The fourth-order valence-electron chi connectivity index (χ4n) is 4.02. The molecule has 0 saturated heterocycles. The van der Waals surface area contributed by atoms with Crippen molar-refractivity contribution < 1.29 is 17.9 Å². The Morgan fingerprint density at radius 3 is 2.62 bits per heavy atom. The first kappa shape index (κ1) is 17.1. The van der Waals surface area contributed by atoms with Crippen LogP contribution in [-0.2, 0) is 14.8 Å². The van der Waals surface area contributed by atoms with Crippen molar-refractivity contribution >= 4 is 21.6 Å². The predicted molar refractivity (Wildman–Crippen MR) is 92.6 cm³/mol. The van der Waals surface area contributed by atoms with Gasteiger partial charge in [0, 0.05) is 6.04 Å². The number of anilines is 1. The number of nitrogens with zero attached hydrogens (tertiary/aromatic N) is 1. The van der Waals surface area contributed by atoms with Crippen molar-refractivity contribution in [2.24, 2.45) is 11.8 Å². The zero-order valence-electron chi connectivity index (χ0n) is 14.1. The normalized spacial score (nSPS) is 25.5. The molecule has 7 heteroatoms. The van der Waals surface area contributed by atoms with Gasteiger partial charge in [-0.25, -0.2) is 8.42 Å². The van der Waals surface area contributed by atoms with Crippen LogP contribution in [0.1, 0.15) is 25.7 Å². The Kier molecular flexibility index (Phi) is 4.71. The van der Waals surface area contributed by atoms with E-state index in [4.69, 9.17) is 4.74 Å². The number of hydrogen-bond donors (Lipinski definition) is 1. The van der Waals surface area contributed by atoms with Crippen LogP contribution in [-0.4, -0.2) is 40.3 Å². The fraction of sp³-hybridized carbons (Fsp3) is 0.588. The Hall–Kier alpha value is -1.76. The standard InChI is InChI=1S/C17H24N2O4S/c1-23-16-6-4-3-5-15(16)19(24(2,21)22)11-17(20)18-14-10-12-7-8-13(14)9-12/h3-6,12-14H,7-11H2,1-2H3,(H,18,20)/t12-,13-,14+/m1/s1. The third-order valence-electron chi connectivity index (χ3n) is 5.13. The Labute approximate surface area is 143 Å². The highest BCUT2D eigenvalue weighted by molar-refractivity contribution is 7.92. The molecule has 0 spiro atoms. The van der Waals surface area contributed by atoms with Crippen LogP contribution in [0.2, 0.25) is 0 Å². The molecule has 2 fully saturated rings. The van der Waals surface area contributed by atoms with Crippen molar-refractivity contribution in [1.82, 2.24) is 5.32 Å². The lowest BCUT2D eigenvalue weighted by molar-refractivity contribution is -0.120. The van der Waals surface area contributed by atoms with E-state index in [1.54, 1.807) is 24.3 Å². The van der Waals surface area contributed by atoms with Crippen molar-refractivity contribution in [3.8, 4) is 5.75 Å². The number of ether oxygens (including phenoxy) is 1. The molecule has 24 heavy (non-hydrogen) atoms. The van der Waals surface area contributed by atoms with Crippen molar-refractivity contribution in [2.45, 2.75) is 31.7 Å². The fourth-order valence-corrected chi connectivity index (χ4v) is 4.88. The number of nitrogens with one attached hydrogen (secondary N) is 1. The average Bonchev–Trinajstić information content (AvgIpc) is 3.14. The first-order valence-corrected chi connectivity index (χ1v) is 10.1. The van der Waals surface area contributed by atoms with Gasteiger partial charge in [0.05, 0.1) is 19.1 Å². The highest BCUT2D eigenvalue weighted by Gasteiger charge is 2.40. The van der Waals surface area contributed by atoms with E-state index in [0.29, 0.717) is 17.4 Å². The molecule has 3 atom stereocenters. The van der Waals surface area contributed by atoms with Gasteiger partial charge in [-0.05, 0) is 43.2 Å². The minimum atomic E-state index is -3.60. The van der Waals surface area contributed by atoms with E-state index >= 15 is 0 Å². The van der Waals surface area contributed by atoms with Crippen LogP contribution < -0.4 is 14.4 Å². The maximum absolute atomic E-state index is 12.4. The number of amides is 1. The molecule has 0 heterocycles. The quantitative estimate of drug-likeness (QED) is 0.846. The molecule has 0 unspecified atom stereocenters. The zero-order chi connectivity index (χ0) is 17.3. The van der Waals surface area contributed by atoms with Crippen LogP contribution in [0, 0.1) is 11.8 Å². The minimum Gasteiger partial charge on any atom is -0.495 e. The molecule has 0 aliphatic heterocycles. The molecular formula is C17H24N2O4S. The van der Waals surface area contributed by atoms with Gasteiger partial charge in [-0.3, -0.25) is 9.10 Å². The molecule has 132 valence electrons. The molecule has 1 amide bonds. The Balaban J connectivity index is 1.74. The largest absolute Gasteiger partial charge is 0.495 e. The van der Waals surface area contributed by atoms with Crippen LogP contribution in [0.25, 0.3) is 0 Å². The Bertz CT molecular complexity index is 719. The molecule has 1 N–H and O–H groups in total. The zero-order valence-corrected chi connectivity index (χ0v) is 14.9. The predicted octanol–water partition coefficient (Wildman–Crippen LogP) is 1.77. The summed E-state index contributed by atoms with van der Waals surface area (Å²) >= 11 is 0. The second kappa shape index (κ2) is 6.63. The minimum absolute atomic E-state index is 0.190. The highest BCUT2D eigenvalue weighted by atomic mass is 32.2. The molecule has 6 nitrogen and oxygen atoms in total. The van der Waals surface area contributed by atoms with Gasteiger partial charge in [0.15, 0.2) is 0 Å². The molecule has 2 aliphatic rings. The molecule has 1 aromatic rings. The first-order chi connectivity index (χ1) is 11.4. The number of carbonyl (C=O) groups is 1. The number of fused-ring (bicyclic) bond motifs is 2. The third-order valence-corrected chi connectivity index (χ3v) is 6.25. The topological polar surface area (TPSA) is 75.7 Å². The van der Waals surface area contributed by atoms with Crippen LogP contribution >= 0.6 is 0 Å². The number of benzene rings is 1. The number of carbonyl (C=O) groups excluding carboxylic acids is 1. The maximum atomic E-state index is 12.4. The van der Waals surface area contributed by atoms with Gasteiger partial charge < -0.3 is 10.1 Å². The molecule has 0 aromatic heterocycles.